The normalized spacial score (nSPS) is 11.2. The Hall–Kier alpha value is -1.75. The summed E-state index contributed by atoms with van der Waals surface area (Å²) in [5.74, 6) is 3.63. The van der Waals surface area contributed by atoms with Gasteiger partial charge in [-0.3, -0.25) is 5.84 Å². The zero-order valence-corrected chi connectivity index (χ0v) is 9.59. The van der Waals surface area contributed by atoms with Crippen LogP contribution in [0.3, 0.4) is 0 Å². The smallest absolute Gasteiger partial charge is 0.185 e. The van der Waals surface area contributed by atoms with Crippen LogP contribution in [0, 0.1) is 11.6 Å². The van der Waals surface area contributed by atoms with Crippen molar-refractivity contribution in [3.05, 3.63) is 35.5 Å². The molecule has 17 heavy (non-hydrogen) atoms. The molecule has 1 aromatic carbocycles. The van der Waals surface area contributed by atoms with Crippen molar-refractivity contribution in [2.45, 2.75) is 19.8 Å². The first kappa shape index (κ1) is 11.7. The van der Waals surface area contributed by atoms with Crippen LogP contribution >= 0.6 is 0 Å². The van der Waals surface area contributed by atoms with Crippen LogP contribution in [-0.2, 0) is 0 Å². The molecule has 0 bridgehead atoms. The van der Waals surface area contributed by atoms with Gasteiger partial charge < -0.3 is 5.43 Å². The van der Waals surface area contributed by atoms with E-state index in [0.717, 1.165) is 6.07 Å². The van der Waals surface area contributed by atoms with E-state index in [4.69, 9.17) is 5.84 Å². The molecular formula is C12H13F2N3. The molecule has 0 radical (unpaired) electrons. The quantitative estimate of drug-likeness (QED) is 0.623. The lowest BCUT2D eigenvalue weighted by molar-refractivity contribution is 0.515. The number of halogens is 2. The first-order valence-corrected chi connectivity index (χ1v) is 5.30. The third-order valence-corrected chi connectivity index (χ3v) is 2.64. The van der Waals surface area contributed by atoms with Gasteiger partial charge >= 0.3 is 0 Å². The highest BCUT2D eigenvalue weighted by Crippen LogP contribution is 2.28. The molecule has 0 saturated carbocycles. The van der Waals surface area contributed by atoms with Gasteiger partial charge in [0.1, 0.15) is 5.52 Å². The van der Waals surface area contributed by atoms with Crippen LogP contribution in [0.25, 0.3) is 10.9 Å². The lowest BCUT2D eigenvalue weighted by atomic mass is 10.1. The molecule has 0 amide bonds. The summed E-state index contributed by atoms with van der Waals surface area (Å²) in [4.78, 5) is 4.13. The predicted octanol–water partition coefficient (Wildman–Crippen LogP) is 2.92. The third kappa shape index (κ3) is 1.93. The predicted molar refractivity (Wildman–Crippen MR) is 63.6 cm³/mol. The summed E-state index contributed by atoms with van der Waals surface area (Å²) in [6, 6.07) is 4.26. The van der Waals surface area contributed by atoms with E-state index in [1.54, 1.807) is 6.07 Å². The number of hydrogen-bond acceptors (Lipinski definition) is 3. The van der Waals surface area contributed by atoms with Crippen molar-refractivity contribution < 1.29 is 8.78 Å². The number of benzene rings is 1. The summed E-state index contributed by atoms with van der Waals surface area (Å²) in [7, 11) is 0. The number of pyridine rings is 1. The molecule has 0 aliphatic carbocycles. The van der Waals surface area contributed by atoms with E-state index in [1.807, 2.05) is 13.8 Å². The number of hydrogen-bond donors (Lipinski definition) is 2. The fraction of sp³-hybridized carbons (Fsp3) is 0.250. The van der Waals surface area contributed by atoms with Gasteiger partial charge in [-0.05, 0) is 24.1 Å². The molecule has 3 nitrogen and oxygen atoms in total. The number of nitrogen functional groups attached to an aromatic ring is 1. The van der Waals surface area contributed by atoms with Gasteiger partial charge in [0.05, 0.1) is 5.69 Å². The number of fused-ring (bicyclic) bond motifs is 1. The fourth-order valence-corrected chi connectivity index (χ4v) is 1.67. The second-order valence-electron chi connectivity index (χ2n) is 4.15. The number of rotatable bonds is 2. The van der Waals surface area contributed by atoms with Crippen LogP contribution in [0.15, 0.2) is 18.2 Å². The Bertz CT molecular complexity index is 567. The zero-order chi connectivity index (χ0) is 12.6. The van der Waals surface area contributed by atoms with Gasteiger partial charge in [0, 0.05) is 11.1 Å². The summed E-state index contributed by atoms with van der Waals surface area (Å²) in [6.07, 6.45) is 0. The summed E-state index contributed by atoms with van der Waals surface area (Å²) in [5.41, 5.74) is 3.69. The van der Waals surface area contributed by atoms with Crippen molar-refractivity contribution in [1.29, 1.82) is 0 Å². The van der Waals surface area contributed by atoms with Gasteiger partial charge in [0.2, 0.25) is 0 Å². The Morgan fingerprint density at radius 3 is 2.59 bits per heavy atom. The minimum Gasteiger partial charge on any atom is -0.323 e. The molecule has 1 aromatic heterocycles. The first-order valence-electron chi connectivity index (χ1n) is 5.30. The van der Waals surface area contributed by atoms with Crippen molar-refractivity contribution in [1.82, 2.24) is 4.98 Å². The average Bonchev–Trinajstić information content (AvgIpc) is 2.32. The van der Waals surface area contributed by atoms with Gasteiger partial charge in [-0.1, -0.05) is 13.8 Å². The molecule has 2 aromatic rings. The van der Waals surface area contributed by atoms with Crippen LogP contribution in [0.2, 0.25) is 0 Å². The maximum Gasteiger partial charge on any atom is 0.185 e. The number of nitrogens with two attached hydrogens (primary N) is 1. The molecule has 0 unspecified atom stereocenters. The van der Waals surface area contributed by atoms with Crippen molar-refractivity contribution in [3.63, 3.8) is 0 Å². The van der Waals surface area contributed by atoms with E-state index < -0.39 is 11.6 Å². The second-order valence-corrected chi connectivity index (χ2v) is 4.15. The van der Waals surface area contributed by atoms with Gasteiger partial charge in [-0.2, -0.15) is 0 Å². The Labute approximate surface area is 97.6 Å². The van der Waals surface area contributed by atoms with Crippen LogP contribution in [0.4, 0.5) is 14.5 Å². The molecular weight excluding hydrogens is 224 g/mol. The Morgan fingerprint density at radius 2 is 2.00 bits per heavy atom. The van der Waals surface area contributed by atoms with E-state index in [2.05, 4.69) is 10.4 Å². The van der Waals surface area contributed by atoms with E-state index in [0.29, 0.717) is 16.8 Å². The maximum atomic E-state index is 13.7. The van der Waals surface area contributed by atoms with Crippen molar-refractivity contribution in [2.75, 3.05) is 5.43 Å². The van der Waals surface area contributed by atoms with Crippen molar-refractivity contribution in [3.8, 4) is 0 Å². The van der Waals surface area contributed by atoms with Gasteiger partial charge in [0.15, 0.2) is 11.6 Å². The van der Waals surface area contributed by atoms with Crippen LogP contribution < -0.4 is 11.3 Å². The number of anilines is 1. The van der Waals surface area contributed by atoms with Crippen LogP contribution in [0.5, 0.6) is 0 Å². The Balaban J connectivity index is 2.83. The molecule has 0 saturated heterocycles. The standard InChI is InChI=1S/C12H13F2N3/c1-6(2)9-5-10(17-15)7-3-4-8(13)11(14)12(7)16-9/h3-6H,15H2,1-2H3,(H,16,17). The van der Waals surface area contributed by atoms with Gasteiger partial charge in [-0.15, -0.1) is 0 Å². The first-order chi connectivity index (χ1) is 8.04. The van der Waals surface area contributed by atoms with E-state index >= 15 is 0 Å². The zero-order valence-electron chi connectivity index (χ0n) is 9.59. The number of aromatic nitrogens is 1. The number of nitrogens with one attached hydrogen (secondary N) is 1. The van der Waals surface area contributed by atoms with Crippen LogP contribution in [-0.4, -0.2) is 4.98 Å². The van der Waals surface area contributed by atoms with E-state index in [1.165, 1.54) is 6.07 Å². The Morgan fingerprint density at radius 1 is 1.29 bits per heavy atom. The SMILES string of the molecule is CC(C)c1cc(NN)c2ccc(F)c(F)c2n1. The summed E-state index contributed by atoms with van der Waals surface area (Å²) < 4.78 is 26.8. The maximum absolute atomic E-state index is 13.7. The molecule has 0 aliphatic rings. The van der Waals surface area contributed by atoms with E-state index in [9.17, 15) is 8.78 Å². The summed E-state index contributed by atoms with van der Waals surface area (Å²) in [6.45, 7) is 3.84. The number of hydrazine groups is 1. The molecule has 0 aliphatic heterocycles. The highest BCUT2D eigenvalue weighted by atomic mass is 19.2. The second kappa shape index (κ2) is 4.25. The Kier molecular flexibility index (Phi) is 2.93. The molecule has 0 spiro atoms. The lowest BCUT2D eigenvalue weighted by Crippen LogP contribution is -2.09. The highest BCUT2D eigenvalue weighted by molar-refractivity contribution is 5.91. The van der Waals surface area contributed by atoms with Crippen molar-refractivity contribution in [2.24, 2.45) is 5.84 Å². The summed E-state index contributed by atoms with van der Waals surface area (Å²) in [5, 5.41) is 0.468. The average molecular weight is 237 g/mol. The van der Waals surface area contributed by atoms with Crippen molar-refractivity contribution >= 4 is 16.6 Å². The monoisotopic (exact) mass is 237 g/mol. The molecule has 1 heterocycles. The molecule has 0 atom stereocenters. The number of nitrogens with zero attached hydrogens (tertiary/aromatic N) is 1. The summed E-state index contributed by atoms with van der Waals surface area (Å²) >= 11 is 0. The molecule has 90 valence electrons. The minimum atomic E-state index is -0.943. The van der Waals surface area contributed by atoms with Gasteiger partial charge in [0.25, 0.3) is 0 Å². The molecule has 5 heteroatoms. The fourth-order valence-electron chi connectivity index (χ4n) is 1.67. The minimum absolute atomic E-state index is 0.00384. The molecule has 2 rings (SSSR count). The van der Waals surface area contributed by atoms with Gasteiger partial charge in [-0.25, -0.2) is 13.8 Å². The molecule has 0 fully saturated rings. The van der Waals surface area contributed by atoms with Crippen LogP contribution in [0.1, 0.15) is 25.5 Å². The highest BCUT2D eigenvalue weighted by Gasteiger charge is 2.14. The molecule has 3 N–H and O–H groups in total. The largest absolute Gasteiger partial charge is 0.323 e. The lowest BCUT2D eigenvalue weighted by Gasteiger charge is -2.11. The topological polar surface area (TPSA) is 50.9 Å². The van der Waals surface area contributed by atoms with E-state index in [-0.39, 0.29) is 11.4 Å². The third-order valence-electron chi connectivity index (χ3n) is 2.64.